The van der Waals surface area contributed by atoms with E-state index in [1.165, 1.54) is 12.8 Å². The van der Waals surface area contributed by atoms with Gasteiger partial charge in [0.15, 0.2) is 0 Å². The number of nitrogens with zero attached hydrogens (tertiary/aromatic N) is 3. The van der Waals surface area contributed by atoms with Gasteiger partial charge in [0.05, 0.1) is 18.7 Å². The molecule has 2 fully saturated rings. The molecule has 1 unspecified atom stereocenters. The number of carbonyl (C=O) groups is 1. The molecule has 1 aliphatic heterocycles. The van der Waals surface area contributed by atoms with Crippen LogP contribution in [0.4, 0.5) is 0 Å². The van der Waals surface area contributed by atoms with Gasteiger partial charge in [-0.05, 0) is 19.3 Å². The molecular formula is C16H28N4O. The minimum atomic E-state index is 0.0458. The van der Waals surface area contributed by atoms with E-state index < -0.39 is 0 Å². The van der Waals surface area contributed by atoms with E-state index in [0.29, 0.717) is 12.6 Å². The minimum absolute atomic E-state index is 0.0458. The second kappa shape index (κ2) is 8.35. The van der Waals surface area contributed by atoms with Crippen LogP contribution < -0.4 is 5.32 Å². The van der Waals surface area contributed by atoms with E-state index in [1.54, 1.807) is 0 Å². The van der Waals surface area contributed by atoms with Gasteiger partial charge in [-0.1, -0.05) is 26.2 Å². The summed E-state index contributed by atoms with van der Waals surface area (Å²) in [7, 11) is 0. The fourth-order valence-electron chi connectivity index (χ4n) is 3.38. The standard InChI is InChI=1S/C16H28N4O/c1-2-5-15(12-17)20-10-8-19(9-11-20)13-16(21)18-14-6-3-4-7-14/h14-15H,2-11,13H2,1H3,(H,18,21). The third kappa shape index (κ3) is 4.98. The van der Waals surface area contributed by atoms with Gasteiger partial charge < -0.3 is 5.32 Å². The van der Waals surface area contributed by atoms with Crippen LogP contribution >= 0.6 is 0 Å². The highest BCUT2D eigenvalue weighted by molar-refractivity contribution is 5.78. The second-order valence-electron chi connectivity index (χ2n) is 6.29. The largest absolute Gasteiger partial charge is 0.352 e. The number of hydrogen-bond acceptors (Lipinski definition) is 4. The number of nitrogens with one attached hydrogen (secondary N) is 1. The first kappa shape index (κ1) is 16.3. The highest BCUT2D eigenvalue weighted by Gasteiger charge is 2.25. The molecule has 0 aromatic rings. The quantitative estimate of drug-likeness (QED) is 0.803. The predicted molar refractivity (Wildman–Crippen MR) is 82.7 cm³/mol. The predicted octanol–water partition coefficient (Wildman–Crippen LogP) is 1.36. The Morgan fingerprint density at radius 1 is 1.29 bits per heavy atom. The van der Waals surface area contributed by atoms with Gasteiger partial charge in [-0.2, -0.15) is 5.26 Å². The zero-order valence-electron chi connectivity index (χ0n) is 13.2. The Morgan fingerprint density at radius 2 is 1.95 bits per heavy atom. The fourth-order valence-corrected chi connectivity index (χ4v) is 3.38. The molecule has 2 aliphatic rings. The van der Waals surface area contributed by atoms with Crippen molar-refractivity contribution >= 4 is 5.91 Å². The zero-order valence-corrected chi connectivity index (χ0v) is 13.2. The number of piperazine rings is 1. The Balaban J connectivity index is 1.68. The van der Waals surface area contributed by atoms with Gasteiger partial charge in [0.2, 0.25) is 5.91 Å². The molecule has 1 amide bonds. The van der Waals surface area contributed by atoms with Crippen LogP contribution in [-0.4, -0.2) is 60.5 Å². The molecule has 0 aromatic heterocycles. The number of rotatable bonds is 6. The van der Waals surface area contributed by atoms with Crippen molar-refractivity contribution in [2.75, 3.05) is 32.7 Å². The Morgan fingerprint density at radius 3 is 2.52 bits per heavy atom. The van der Waals surface area contributed by atoms with Gasteiger partial charge in [0.25, 0.3) is 0 Å². The third-order valence-corrected chi connectivity index (χ3v) is 4.65. The van der Waals surface area contributed by atoms with Crippen molar-refractivity contribution in [3.05, 3.63) is 0 Å². The molecular weight excluding hydrogens is 264 g/mol. The van der Waals surface area contributed by atoms with Gasteiger partial charge in [-0.15, -0.1) is 0 Å². The molecule has 0 radical (unpaired) electrons. The average molecular weight is 292 g/mol. The lowest BCUT2D eigenvalue weighted by molar-refractivity contribution is -0.123. The molecule has 5 heteroatoms. The van der Waals surface area contributed by atoms with E-state index in [2.05, 4.69) is 28.1 Å². The molecule has 118 valence electrons. The zero-order chi connectivity index (χ0) is 15.1. The lowest BCUT2D eigenvalue weighted by Crippen LogP contribution is -2.52. The summed E-state index contributed by atoms with van der Waals surface area (Å²) in [6, 6.07) is 2.86. The molecule has 2 rings (SSSR count). The highest BCUT2D eigenvalue weighted by Crippen LogP contribution is 2.17. The summed E-state index contributed by atoms with van der Waals surface area (Å²) < 4.78 is 0. The van der Waals surface area contributed by atoms with Gasteiger partial charge in [-0.25, -0.2) is 0 Å². The first-order valence-electron chi connectivity index (χ1n) is 8.38. The molecule has 1 saturated heterocycles. The molecule has 1 atom stereocenters. The van der Waals surface area contributed by atoms with Crippen molar-refractivity contribution < 1.29 is 4.79 Å². The van der Waals surface area contributed by atoms with Crippen LogP contribution in [0.1, 0.15) is 45.4 Å². The maximum atomic E-state index is 12.0. The summed E-state index contributed by atoms with van der Waals surface area (Å²) in [6.07, 6.45) is 6.76. The summed E-state index contributed by atoms with van der Waals surface area (Å²) in [6.45, 7) is 6.20. The van der Waals surface area contributed by atoms with Crippen molar-refractivity contribution in [2.45, 2.75) is 57.5 Å². The van der Waals surface area contributed by atoms with Gasteiger partial charge in [0, 0.05) is 32.2 Å². The summed E-state index contributed by atoms with van der Waals surface area (Å²) in [4.78, 5) is 16.5. The van der Waals surface area contributed by atoms with Gasteiger partial charge in [0.1, 0.15) is 0 Å². The van der Waals surface area contributed by atoms with Crippen molar-refractivity contribution in [1.29, 1.82) is 5.26 Å². The van der Waals surface area contributed by atoms with E-state index in [1.807, 2.05) is 0 Å². The maximum absolute atomic E-state index is 12.0. The lowest BCUT2D eigenvalue weighted by atomic mass is 10.1. The summed E-state index contributed by atoms with van der Waals surface area (Å²) in [5, 5.41) is 12.4. The van der Waals surface area contributed by atoms with Crippen LogP contribution in [0.25, 0.3) is 0 Å². The first-order chi connectivity index (χ1) is 10.2. The molecule has 0 spiro atoms. The van der Waals surface area contributed by atoms with E-state index in [4.69, 9.17) is 0 Å². The van der Waals surface area contributed by atoms with Crippen LogP contribution in [0.15, 0.2) is 0 Å². The molecule has 1 aliphatic carbocycles. The number of nitriles is 1. The molecule has 0 aromatic carbocycles. The Hall–Kier alpha value is -1.12. The number of carbonyl (C=O) groups excluding carboxylic acids is 1. The topological polar surface area (TPSA) is 59.4 Å². The Labute approximate surface area is 128 Å². The average Bonchev–Trinajstić information content (AvgIpc) is 2.98. The van der Waals surface area contributed by atoms with Crippen LogP contribution in [0.3, 0.4) is 0 Å². The minimum Gasteiger partial charge on any atom is -0.352 e. The molecule has 1 saturated carbocycles. The molecule has 21 heavy (non-hydrogen) atoms. The van der Waals surface area contributed by atoms with Crippen LogP contribution in [0.2, 0.25) is 0 Å². The monoisotopic (exact) mass is 292 g/mol. The van der Waals surface area contributed by atoms with E-state index in [9.17, 15) is 10.1 Å². The second-order valence-corrected chi connectivity index (χ2v) is 6.29. The Bertz CT molecular complexity index is 365. The van der Waals surface area contributed by atoms with E-state index in [-0.39, 0.29) is 11.9 Å². The van der Waals surface area contributed by atoms with Crippen molar-refractivity contribution in [3.63, 3.8) is 0 Å². The maximum Gasteiger partial charge on any atom is 0.234 e. The fraction of sp³-hybridized carbons (Fsp3) is 0.875. The van der Waals surface area contributed by atoms with Crippen molar-refractivity contribution in [3.8, 4) is 6.07 Å². The van der Waals surface area contributed by atoms with Crippen molar-refractivity contribution in [1.82, 2.24) is 15.1 Å². The molecule has 0 bridgehead atoms. The summed E-state index contributed by atoms with van der Waals surface area (Å²) in [5.74, 6) is 0.167. The van der Waals surface area contributed by atoms with E-state index >= 15 is 0 Å². The summed E-state index contributed by atoms with van der Waals surface area (Å²) in [5.41, 5.74) is 0. The lowest BCUT2D eigenvalue weighted by Gasteiger charge is -2.36. The number of hydrogen-bond donors (Lipinski definition) is 1. The molecule has 5 nitrogen and oxygen atoms in total. The third-order valence-electron chi connectivity index (χ3n) is 4.65. The van der Waals surface area contributed by atoms with Gasteiger partial charge in [-0.3, -0.25) is 14.6 Å². The SMILES string of the molecule is CCCC(C#N)N1CCN(CC(=O)NC2CCCC2)CC1. The van der Waals surface area contributed by atoms with Crippen molar-refractivity contribution in [2.24, 2.45) is 0 Å². The normalized spacial score (nSPS) is 22.9. The Kier molecular flexibility index (Phi) is 6.47. The smallest absolute Gasteiger partial charge is 0.234 e. The molecule has 1 heterocycles. The van der Waals surface area contributed by atoms with Gasteiger partial charge >= 0.3 is 0 Å². The summed E-state index contributed by atoms with van der Waals surface area (Å²) >= 11 is 0. The van der Waals surface area contributed by atoms with Crippen LogP contribution in [0, 0.1) is 11.3 Å². The number of amides is 1. The molecule has 1 N–H and O–H groups in total. The van der Waals surface area contributed by atoms with Crippen LogP contribution in [-0.2, 0) is 4.79 Å². The van der Waals surface area contributed by atoms with E-state index in [0.717, 1.165) is 51.9 Å². The first-order valence-corrected chi connectivity index (χ1v) is 8.38. The highest BCUT2D eigenvalue weighted by atomic mass is 16.2. The van der Waals surface area contributed by atoms with Crippen LogP contribution in [0.5, 0.6) is 0 Å².